The summed E-state index contributed by atoms with van der Waals surface area (Å²) in [5.41, 5.74) is 0.786. The van der Waals surface area contributed by atoms with Crippen molar-refractivity contribution in [2.24, 2.45) is 7.05 Å². The summed E-state index contributed by atoms with van der Waals surface area (Å²) in [6, 6.07) is 9.38. The number of nitrogens with zero attached hydrogens (tertiary/aromatic N) is 2. The molecule has 0 atom stereocenters. The maximum Gasteiger partial charge on any atom is 0.411 e. The van der Waals surface area contributed by atoms with Gasteiger partial charge in [0.05, 0.1) is 25.1 Å². The van der Waals surface area contributed by atoms with Gasteiger partial charge in [-0.2, -0.15) is 18.3 Å². The molecule has 0 saturated carbocycles. The Morgan fingerprint density at radius 2 is 2.00 bits per heavy atom. The Bertz CT molecular complexity index is 1050. The van der Waals surface area contributed by atoms with Crippen molar-refractivity contribution >= 4 is 17.5 Å². The molecular weight excluding hydrogens is 417 g/mol. The highest BCUT2D eigenvalue weighted by atomic mass is 19.4. The molecule has 0 saturated heterocycles. The summed E-state index contributed by atoms with van der Waals surface area (Å²) in [6.07, 6.45) is -1.48. The first kappa shape index (κ1) is 22.1. The molecule has 3 aromatic rings. The van der Waals surface area contributed by atoms with Gasteiger partial charge in [-0.15, -0.1) is 0 Å². The molecule has 31 heavy (non-hydrogen) atoms. The van der Waals surface area contributed by atoms with Crippen molar-refractivity contribution in [2.45, 2.75) is 19.3 Å². The van der Waals surface area contributed by atoms with E-state index in [2.05, 4.69) is 20.5 Å². The fourth-order valence-corrected chi connectivity index (χ4v) is 2.69. The fraction of sp³-hybridized carbons (Fsp3) is 0.250. The molecule has 0 fully saturated rings. The summed E-state index contributed by atoms with van der Waals surface area (Å²) in [5, 5.41) is 9.32. The van der Waals surface area contributed by atoms with E-state index < -0.39 is 24.6 Å². The number of aryl methyl sites for hydroxylation is 1. The number of carbonyl (C=O) groups is 2. The van der Waals surface area contributed by atoms with E-state index in [0.717, 1.165) is 0 Å². The topological polar surface area (TPSA) is 98.4 Å². The van der Waals surface area contributed by atoms with Crippen molar-refractivity contribution < 1.29 is 31.9 Å². The largest absolute Gasteiger partial charge is 0.467 e. The number of anilines is 1. The molecule has 0 unspecified atom stereocenters. The van der Waals surface area contributed by atoms with E-state index in [1.807, 2.05) is 0 Å². The number of amides is 2. The van der Waals surface area contributed by atoms with E-state index in [1.54, 1.807) is 25.2 Å². The molecule has 8 nitrogen and oxygen atoms in total. The summed E-state index contributed by atoms with van der Waals surface area (Å²) in [7, 11) is 1.59. The van der Waals surface area contributed by atoms with Gasteiger partial charge in [-0.05, 0) is 29.8 Å². The zero-order valence-corrected chi connectivity index (χ0v) is 16.4. The predicted octanol–water partition coefficient (Wildman–Crippen LogP) is 3.27. The van der Waals surface area contributed by atoms with Gasteiger partial charge in [0.1, 0.15) is 12.4 Å². The Hall–Kier alpha value is -3.60. The number of furan rings is 1. The number of nitrogens with one attached hydrogen (secondary N) is 2. The Kier molecular flexibility index (Phi) is 6.75. The van der Waals surface area contributed by atoms with Crippen LogP contribution in [0.3, 0.4) is 0 Å². The van der Waals surface area contributed by atoms with E-state index in [0.29, 0.717) is 11.3 Å². The van der Waals surface area contributed by atoms with Gasteiger partial charge in [0.15, 0.2) is 5.69 Å². The first-order valence-corrected chi connectivity index (χ1v) is 9.10. The minimum absolute atomic E-state index is 0.00655. The molecule has 11 heteroatoms. The number of halogens is 3. The molecule has 2 N–H and O–H groups in total. The van der Waals surface area contributed by atoms with Crippen molar-refractivity contribution in [3.63, 3.8) is 0 Å². The lowest BCUT2D eigenvalue weighted by atomic mass is 10.1. The van der Waals surface area contributed by atoms with Crippen molar-refractivity contribution in [1.82, 2.24) is 15.1 Å². The molecule has 2 heterocycles. The van der Waals surface area contributed by atoms with Crippen LogP contribution in [0, 0.1) is 0 Å². The number of aromatic nitrogens is 2. The van der Waals surface area contributed by atoms with Crippen LogP contribution in [-0.2, 0) is 24.9 Å². The number of alkyl halides is 3. The third-order valence-electron chi connectivity index (χ3n) is 4.02. The van der Waals surface area contributed by atoms with E-state index in [4.69, 9.17) is 4.42 Å². The first-order chi connectivity index (χ1) is 14.7. The highest BCUT2D eigenvalue weighted by Crippen LogP contribution is 2.18. The third kappa shape index (κ3) is 6.44. The minimum atomic E-state index is -4.43. The average molecular weight is 436 g/mol. The van der Waals surface area contributed by atoms with Crippen LogP contribution in [0.25, 0.3) is 0 Å². The quantitative estimate of drug-likeness (QED) is 0.565. The van der Waals surface area contributed by atoms with Crippen molar-refractivity contribution in [3.05, 3.63) is 71.4 Å². The van der Waals surface area contributed by atoms with Gasteiger partial charge in [0, 0.05) is 18.8 Å². The van der Waals surface area contributed by atoms with Gasteiger partial charge in [0.25, 0.3) is 11.8 Å². The van der Waals surface area contributed by atoms with Crippen LogP contribution in [0.4, 0.5) is 18.9 Å². The van der Waals surface area contributed by atoms with Gasteiger partial charge in [0.2, 0.25) is 0 Å². The predicted molar refractivity (Wildman–Crippen MR) is 103 cm³/mol. The lowest BCUT2D eigenvalue weighted by Crippen LogP contribution is -2.25. The van der Waals surface area contributed by atoms with Crippen LogP contribution in [-0.4, -0.2) is 34.4 Å². The lowest BCUT2D eigenvalue weighted by Gasteiger charge is -2.09. The molecule has 0 spiro atoms. The van der Waals surface area contributed by atoms with Crippen LogP contribution < -0.4 is 10.6 Å². The van der Waals surface area contributed by atoms with Crippen LogP contribution in [0.2, 0.25) is 0 Å². The van der Waals surface area contributed by atoms with E-state index in [-0.39, 0.29) is 30.1 Å². The summed E-state index contributed by atoms with van der Waals surface area (Å²) < 4.78 is 47.8. The number of benzene rings is 1. The van der Waals surface area contributed by atoms with Gasteiger partial charge in [-0.25, -0.2) is 0 Å². The number of carbonyl (C=O) groups excluding carboxylic acids is 2. The average Bonchev–Trinajstić information content (AvgIpc) is 3.35. The SMILES string of the molecule is Cn1cc(NC(=O)c2cccc(COCC(F)(F)F)c2)c(C(=O)NCc2ccco2)n1. The van der Waals surface area contributed by atoms with Gasteiger partial charge in [-0.3, -0.25) is 14.3 Å². The van der Waals surface area contributed by atoms with Crippen LogP contribution in [0.5, 0.6) is 0 Å². The second-order valence-corrected chi connectivity index (χ2v) is 6.59. The Labute approximate surface area is 175 Å². The minimum Gasteiger partial charge on any atom is -0.467 e. The van der Waals surface area contributed by atoms with Gasteiger partial charge >= 0.3 is 6.18 Å². The highest BCUT2D eigenvalue weighted by molar-refractivity contribution is 6.08. The van der Waals surface area contributed by atoms with Crippen molar-refractivity contribution in [1.29, 1.82) is 0 Å². The number of hydrogen-bond acceptors (Lipinski definition) is 5. The molecule has 164 valence electrons. The molecule has 0 aliphatic rings. The van der Waals surface area contributed by atoms with E-state index in [9.17, 15) is 22.8 Å². The molecule has 3 rings (SSSR count). The second kappa shape index (κ2) is 9.47. The molecule has 0 aliphatic heterocycles. The molecule has 1 aromatic carbocycles. The molecule has 0 aliphatic carbocycles. The van der Waals surface area contributed by atoms with Crippen LogP contribution >= 0.6 is 0 Å². The van der Waals surface area contributed by atoms with E-state index >= 15 is 0 Å². The Balaban J connectivity index is 1.65. The zero-order valence-electron chi connectivity index (χ0n) is 16.4. The van der Waals surface area contributed by atoms with Crippen molar-refractivity contribution in [3.8, 4) is 0 Å². The maximum atomic E-state index is 12.6. The van der Waals surface area contributed by atoms with Crippen LogP contribution in [0.15, 0.2) is 53.3 Å². The number of ether oxygens (including phenoxy) is 1. The summed E-state index contributed by atoms with van der Waals surface area (Å²) in [6.45, 7) is -1.53. The lowest BCUT2D eigenvalue weighted by molar-refractivity contribution is -0.176. The standard InChI is InChI=1S/C20H19F3N4O4/c1-27-10-16(17(26-27)19(29)24-9-15-6-3-7-31-15)25-18(28)14-5-2-4-13(8-14)11-30-12-20(21,22)23/h2-8,10H,9,11-12H2,1H3,(H,24,29)(H,25,28). The third-order valence-corrected chi connectivity index (χ3v) is 4.02. The molecule has 2 amide bonds. The van der Waals surface area contributed by atoms with Crippen LogP contribution in [0.1, 0.15) is 32.2 Å². The number of hydrogen-bond donors (Lipinski definition) is 2. The maximum absolute atomic E-state index is 12.6. The Morgan fingerprint density at radius 1 is 1.19 bits per heavy atom. The summed E-state index contributed by atoms with van der Waals surface area (Å²) in [4.78, 5) is 25.1. The summed E-state index contributed by atoms with van der Waals surface area (Å²) in [5.74, 6) is -0.508. The first-order valence-electron chi connectivity index (χ1n) is 9.10. The highest BCUT2D eigenvalue weighted by Gasteiger charge is 2.27. The molecule has 2 aromatic heterocycles. The monoisotopic (exact) mass is 436 g/mol. The van der Waals surface area contributed by atoms with E-state index in [1.165, 1.54) is 35.3 Å². The summed E-state index contributed by atoms with van der Waals surface area (Å²) >= 11 is 0. The number of rotatable bonds is 8. The molecule has 0 radical (unpaired) electrons. The second-order valence-electron chi connectivity index (χ2n) is 6.59. The molecular formula is C20H19F3N4O4. The van der Waals surface area contributed by atoms with Crippen molar-refractivity contribution in [2.75, 3.05) is 11.9 Å². The van der Waals surface area contributed by atoms with Gasteiger partial charge < -0.3 is 19.8 Å². The van der Waals surface area contributed by atoms with Gasteiger partial charge in [-0.1, -0.05) is 12.1 Å². The zero-order chi connectivity index (χ0) is 22.4. The normalized spacial score (nSPS) is 11.4. The fourth-order valence-electron chi connectivity index (χ4n) is 2.69. The smallest absolute Gasteiger partial charge is 0.411 e. The Morgan fingerprint density at radius 3 is 2.71 bits per heavy atom. The molecule has 0 bridgehead atoms.